The minimum Gasteiger partial charge on any atom is -0.394 e. The smallest absolute Gasteiger partial charge is 0.245 e. The van der Waals surface area contributed by atoms with E-state index in [4.69, 9.17) is 0 Å². The summed E-state index contributed by atoms with van der Waals surface area (Å²) in [6, 6.07) is 11.4. The zero-order chi connectivity index (χ0) is 16.8. The molecule has 0 spiro atoms. The van der Waals surface area contributed by atoms with Crippen LogP contribution in [-0.2, 0) is 11.8 Å². The lowest BCUT2D eigenvalue weighted by Crippen LogP contribution is -2.43. The van der Waals surface area contributed by atoms with Gasteiger partial charge in [-0.3, -0.25) is 9.48 Å². The molecule has 2 rings (SSSR count). The Morgan fingerprint density at radius 1 is 1.39 bits per heavy atom. The van der Waals surface area contributed by atoms with Gasteiger partial charge in [-0.05, 0) is 25.5 Å². The number of aliphatic hydroxyl groups is 1. The van der Waals surface area contributed by atoms with Crippen LogP contribution in [0.4, 0.5) is 11.5 Å². The molecule has 6 nitrogen and oxygen atoms in total. The summed E-state index contributed by atoms with van der Waals surface area (Å²) in [5.74, 6) is 0.529. The van der Waals surface area contributed by atoms with Gasteiger partial charge in [0.05, 0.1) is 24.9 Å². The highest BCUT2D eigenvalue weighted by atomic mass is 16.3. The van der Waals surface area contributed by atoms with Crippen LogP contribution in [0.2, 0.25) is 0 Å². The van der Waals surface area contributed by atoms with Gasteiger partial charge in [-0.15, -0.1) is 0 Å². The molecule has 0 aliphatic rings. The van der Waals surface area contributed by atoms with Gasteiger partial charge < -0.3 is 15.3 Å². The lowest BCUT2D eigenvalue weighted by molar-refractivity contribution is -0.115. The number of hydrogen-bond acceptors (Lipinski definition) is 4. The third-order valence-corrected chi connectivity index (χ3v) is 3.79. The van der Waals surface area contributed by atoms with Crippen LogP contribution in [0.3, 0.4) is 0 Å². The van der Waals surface area contributed by atoms with Gasteiger partial charge in [0.1, 0.15) is 5.82 Å². The zero-order valence-corrected chi connectivity index (χ0v) is 13.9. The van der Waals surface area contributed by atoms with Crippen LogP contribution in [-0.4, -0.2) is 40.0 Å². The Labute approximate surface area is 136 Å². The first kappa shape index (κ1) is 17.0. The summed E-state index contributed by atoms with van der Waals surface area (Å²) >= 11 is 0. The summed E-state index contributed by atoms with van der Waals surface area (Å²) in [7, 11) is 1.79. The number of aliphatic hydroxyl groups excluding tert-OH is 1. The Balaban J connectivity index is 2.14. The maximum absolute atomic E-state index is 12.4. The van der Waals surface area contributed by atoms with Crippen LogP contribution < -0.4 is 10.2 Å². The standard InChI is InChI=1S/C17H24N4O2/c1-4-14(12-22)21(15-8-6-5-7-9-15)11-17(23)18-16-10-13(2)19-20(16)3/h5-10,14,22H,4,11-12H2,1-3H3,(H,18,23). The highest BCUT2D eigenvalue weighted by molar-refractivity contribution is 5.93. The molecule has 0 aliphatic heterocycles. The third kappa shape index (κ3) is 4.32. The average molecular weight is 316 g/mol. The number of carbonyl (C=O) groups is 1. The Bertz CT molecular complexity index is 635. The van der Waals surface area contributed by atoms with Crippen LogP contribution in [0, 0.1) is 6.92 Å². The van der Waals surface area contributed by atoms with Crippen LogP contribution in [0.5, 0.6) is 0 Å². The van der Waals surface area contributed by atoms with Crippen molar-refractivity contribution >= 4 is 17.4 Å². The first-order chi connectivity index (χ1) is 11.0. The fourth-order valence-corrected chi connectivity index (χ4v) is 2.56. The molecular weight excluding hydrogens is 292 g/mol. The van der Waals surface area contributed by atoms with E-state index in [-0.39, 0.29) is 25.1 Å². The zero-order valence-electron chi connectivity index (χ0n) is 13.9. The Morgan fingerprint density at radius 3 is 2.61 bits per heavy atom. The van der Waals surface area contributed by atoms with Gasteiger partial charge >= 0.3 is 0 Å². The van der Waals surface area contributed by atoms with E-state index in [0.717, 1.165) is 17.8 Å². The van der Waals surface area contributed by atoms with Crippen LogP contribution in [0.15, 0.2) is 36.4 Å². The van der Waals surface area contributed by atoms with Gasteiger partial charge in [0.15, 0.2) is 0 Å². The molecule has 0 saturated carbocycles. The van der Waals surface area contributed by atoms with Crippen molar-refractivity contribution in [2.75, 3.05) is 23.4 Å². The molecule has 0 bridgehead atoms. The lowest BCUT2D eigenvalue weighted by Gasteiger charge is -2.31. The van der Waals surface area contributed by atoms with E-state index in [9.17, 15) is 9.90 Å². The fourth-order valence-electron chi connectivity index (χ4n) is 2.56. The molecule has 2 N–H and O–H groups in total. The number of carbonyl (C=O) groups excluding carboxylic acids is 1. The van der Waals surface area contributed by atoms with E-state index in [2.05, 4.69) is 10.4 Å². The molecule has 1 atom stereocenters. The number of benzene rings is 1. The van der Waals surface area contributed by atoms with Crippen LogP contribution >= 0.6 is 0 Å². The van der Waals surface area contributed by atoms with Crippen LogP contribution in [0.25, 0.3) is 0 Å². The number of amides is 1. The molecule has 1 heterocycles. The SMILES string of the molecule is CCC(CO)N(CC(=O)Nc1cc(C)nn1C)c1ccccc1. The summed E-state index contributed by atoms with van der Waals surface area (Å²) in [6.07, 6.45) is 0.753. The van der Waals surface area contributed by atoms with Crippen molar-refractivity contribution in [2.24, 2.45) is 7.05 Å². The second-order valence-electron chi connectivity index (χ2n) is 5.55. The van der Waals surface area contributed by atoms with Gasteiger partial charge in [-0.1, -0.05) is 25.1 Å². The van der Waals surface area contributed by atoms with E-state index < -0.39 is 0 Å². The van der Waals surface area contributed by atoms with Crippen molar-refractivity contribution in [2.45, 2.75) is 26.3 Å². The number of aromatic nitrogens is 2. The molecule has 124 valence electrons. The molecule has 2 aromatic rings. The second-order valence-corrected chi connectivity index (χ2v) is 5.55. The fraction of sp³-hybridized carbons (Fsp3) is 0.412. The summed E-state index contributed by atoms with van der Waals surface area (Å²) in [5, 5.41) is 16.7. The van der Waals surface area contributed by atoms with Crippen molar-refractivity contribution in [1.29, 1.82) is 0 Å². The monoisotopic (exact) mass is 316 g/mol. The number of aryl methyl sites for hydroxylation is 2. The number of anilines is 2. The normalized spacial score (nSPS) is 12.0. The predicted octanol–water partition coefficient (Wildman–Crippen LogP) is 1.94. The number of rotatable bonds is 7. The molecule has 0 radical (unpaired) electrons. The summed E-state index contributed by atoms with van der Waals surface area (Å²) in [6.45, 7) is 4.06. The van der Waals surface area contributed by atoms with Crippen molar-refractivity contribution in [3.8, 4) is 0 Å². The molecule has 1 unspecified atom stereocenters. The maximum atomic E-state index is 12.4. The lowest BCUT2D eigenvalue weighted by atomic mass is 10.1. The van der Waals surface area contributed by atoms with Crippen molar-refractivity contribution in [3.05, 3.63) is 42.1 Å². The van der Waals surface area contributed by atoms with Gasteiger partial charge in [0, 0.05) is 18.8 Å². The molecule has 1 aromatic carbocycles. The van der Waals surface area contributed by atoms with Crippen LogP contribution in [0.1, 0.15) is 19.0 Å². The molecule has 6 heteroatoms. The number of nitrogens with zero attached hydrogens (tertiary/aromatic N) is 3. The average Bonchev–Trinajstić information content (AvgIpc) is 2.85. The van der Waals surface area contributed by atoms with Gasteiger partial charge in [0.25, 0.3) is 0 Å². The van der Waals surface area contributed by atoms with E-state index in [1.807, 2.05) is 55.1 Å². The summed E-state index contributed by atoms with van der Waals surface area (Å²) in [4.78, 5) is 14.3. The molecule has 1 amide bonds. The first-order valence-electron chi connectivity index (χ1n) is 7.78. The van der Waals surface area contributed by atoms with E-state index in [1.165, 1.54) is 0 Å². The van der Waals surface area contributed by atoms with E-state index >= 15 is 0 Å². The quantitative estimate of drug-likeness (QED) is 0.819. The number of para-hydroxylation sites is 1. The van der Waals surface area contributed by atoms with Gasteiger partial charge in [-0.2, -0.15) is 5.10 Å². The minimum atomic E-state index is -0.135. The molecule has 0 fully saturated rings. The molecule has 1 aromatic heterocycles. The highest BCUT2D eigenvalue weighted by Crippen LogP contribution is 2.18. The molecule has 0 saturated heterocycles. The second kappa shape index (κ2) is 7.78. The van der Waals surface area contributed by atoms with E-state index in [1.54, 1.807) is 11.7 Å². The Morgan fingerprint density at radius 2 is 2.09 bits per heavy atom. The van der Waals surface area contributed by atoms with Gasteiger partial charge in [-0.25, -0.2) is 0 Å². The Kier molecular flexibility index (Phi) is 5.76. The number of hydrogen-bond donors (Lipinski definition) is 2. The maximum Gasteiger partial charge on any atom is 0.245 e. The summed E-state index contributed by atoms with van der Waals surface area (Å²) in [5.41, 5.74) is 1.77. The largest absolute Gasteiger partial charge is 0.394 e. The minimum absolute atomic E-state index is 0.00347. The first-order valence-corrected chi connectivity index (χ1v) is 7.78. The van der Waals surface area contributed by atoms with Crippen molar-refractivity contribution < 1.29 is 9.90 Å². The predicted molar refractivity (Wildman–Crippen MR) is 91.5 cm³/mol. The van der Waals surface area contributed by atoms with Crippen molar-refractivity contribution in [1.82, 2.24) is 9.78 Å². The summed E-state index contributed by atoms with van der Waals surface area (Å²) < 4.78 is 1.64. The van der Waals surface area contributed by atoms with Gasteiger partial charge in [0.2, 0.25) is 5.91 Å². The molecular formula is C17H24N4O2. The molecule has 23 heavy (non-hydrogen) atoms. The molecule has 0 aliphatic carbocycles. The third-order valence-electron chi connectivity index (χ3n) is 3.79. The van der Waals surface area contributed by atoms with E-state index in [0.29, 0.717) is 5.82 Å². The topological polar surface area (TPSA) is 70.4 Å². The number of nitrogens with one attached hydrogen (secondary N) is 1. The Hall–Kier alpha value is -2.34. The van der Waals surface area contributed by atoms with Crippen molar-refractivity contribution in [3.63, 3.8) is 0 Å². The highest BCUT2D eigenvalue weighted by Gasteiger charge is 2.20.